The molecule has 0 unspecified atom stereocenters. The van der Waals surface area contributed by atoms with Crippen molar-refractivity contribution in [3.63, 3.8) is 0 Å². The van der Waals surface area contributed by atoms with E-state index in [0.717, 1.165) is 17.9 Å². The van der Waals surface area contributed by atoms with Gasteiger partial charge < -0.3 is 19.9 Å². The zero-order chi connectivity index (χ0) is 14.1. The molecule has 1 rings (SSSR count). The van der Waals surface area contributed by atoms with Crippen molar-refractivity contribution < 1.29 is 14.2 Å². The Morgan fingerprint density at radius 2 is 1.68 bits per heavy atom. The Bertz CT molecular complexity index is 361. The molecule has 0 aliphatic heterocycles. The maximum absolute atomic E-state index is 5.82. The molecular formula is C15H25NO3. The summed E-state index contributed by atoms with van der Waals surface area (Å²) in [6.45, 7) is 8.30. The first kappa shape index (κ1) is 15.8. The van der Waals surface area contributed by atoms with Crippen LogP contribution in [0.15, 0.2) is 24.3 Å². The van der Waals surface area contributed by atoms with Crippen LogP contribution in [0.1, 0.15) is 27.2 Å². The van der Waals surface area contributed by atoms with Crippen molar-refractivity contribution in [1.29, 1.82) is 0 Å². The molecule has 1 aromatic carbocycles. The van der Waals surface area contributed by atoms with E-state index < -0.39 is 0 Å². The molecule has 0 amide bonds. The van der Waals surface area contributed by atoms with E-state index in [-0.39, 0.29) is 5.54 Å². The van der Waals surface area contributed by atoms with Crippen molar-refractivity contribution in [2.75, 3.05) is 26.4 Å². The summed E-state index contributed by atoms with van der Waals surface area (Å²) in [4.78, 5) is 0. The van der Waals surface area contributed by atoms with Crippen LogP contribution in [0.5, 0.6) is 11.5 Å². The second-order valence-corrected chi connectivity index (χ2v) is 5.12. The lowest BCUT2D eigenvalue weighted by Crippen LogP contribution is -2.37. The van der Waals surface area contributed by atoms with Crippen LogP contribution in [0, 0.1) is 0 Å². The molecule has 4 heteroatoms. The molecular weight excluding hydrogens is 242 g/mol. The lowest BCUT2D eigenvalue weighted by Gasteiger charge is -2.18. The van der Waals surface area contributed by atoms with Gasteiger partial charge in [-0.15, -0.1) is 0 Å². The molecule has 1 aromatic rings. The largest absolute Gasteiger partial charge is 0.490 e. The average Bonchev–Trinajstić information content (AvgIpc) is 2.34. The van der Waals surface area contributed by atoms with Crippen molar-refractivity contribution in [2.45, 2.75) is 32.7 Å². The quantitative estimate of drug-likeness (QED) is 0.699. The highest BCUT2D eigenvalue weighted by Gasteiger charge is 2.09. The van der Waals surface area contributed by atoms with Crippen LogP contribution >= 0.6 is 0 Å². The predicted molar refractivity (Wildman–Crippen MR) is 76.8 cm³/mol. The lowest BCUT2D eigenvalue weighted by molar-refractivity contribution is 0.0867. The van der Waals surface area contributed by atoms with Gasteiger partial charge in [0, 0.05) is 18.6 Å². The topological polar surface area (TPSA) is 53.7 Å². The van der Waals surface area contributed by atoms with Crippen molar-refractivity contribution in [1.82, 2.24) is 0 Å². The maximum Gasteiger partial charge on any atom is 0.161 e. The second-order valence-electron chi connectivity index (χ2n) is 5.12. The highest BCUT2D eigenvalue weighted by Crippen LogP contribution is 2.26. The first-order chi connectivity index (χ1) is 9.03. The molecule has 0 saturated heterocycles. The van der Waals surface area contributed by atoms with Gasteiger partial charge in [0.25, 0.3) is 0 Å². The summed E-state index contributed by atoms with van der Waals surface area (Å²) in [6.07, 6.45) is 0.830. The summed E-state index contributed by atoms with van der Waals surface area (Å²) in [5, 5.41) is 0. The Kier molecular flexibility index (Phi) is 6.67. The minimum atomic E-state index is -0.275. The lowest BCUT2D eigenvalue weighted by atomic mass is 10.1. The Morgan fingerprint density at radius 1 is 1.05 bits per heavy atom. The Labute approximate surface area is 115 Å². The number of nitrogens with two attached hydrogens (primary N) is 1. The van der Waals surface area contributed by atoms with Crippen molar-refractivity contribution in [3.05, 3.63) is 24.3 Å². The highest BCUT2D eigenvalue weighted by molar-refractivity contribution is 5.39. The second kappa shape index (κ2) is 8.02. The van der Waals surface area contributed by atoms with Gasteiger partial charge in [-0.25, -0.2) is 0 Å². The number of ether oxygens (including phenoxy) is 3. The molecule has 0 bridgehead atoms. The summed E-state index contributed by atoms with van der Waals surface area (Å²) in [6, 6.07) is 7.69. The van der Waals surface area contributed by atoms with Gasteiger partial charge in [0.05, 0.1) is 19.8 Å². The van der Waals surface area contributed by atoms with Gasteiger partial charge in [-0.1, -0.05) is 12.1 Å². The fourth-order valence-corrected chi connectivity index (χ4v) is 1.52. The summed E-state index contributed by atoms with van der Waals surface area (Å²) < 4.78 is 16.7. The van der Waals surface area contributed by atoms with Crippen LogP contribution in [-0.4, -0.2) is 32.0 Å². The molecule has 0 saturated carbocycles. The van der Waals surface area contributed by atoms with E-state index in [1.807, 2.05) is 45.0 Å². The van der Waals surface area contributed by atoms with Gasteiger partial charge in [0.1, 0.15) is 0 Å². The third kappa shape index (κ3) is 7.03. The molecule has 0 heterocycles. The van der Waals surface area contributed by atoms with E-state index in [1.54, 1.807) is 0 Å². The van der Waals surface area contributed by atoms with E-state index in [4.69, 9.17) is 19.9 Å². The monoisotopic (exact) mass is 267 g/mol. The Hall–Kier alpha value is -1.26. The molecule has 19 heavy (non-hydrogen) atoms. The van der Waals surface area contributed by atoms with Crippen LogP contribution in [0.4, 0.5) is 0 Å². The number of rotatable bonds is 9. The normalized spacial score (nSPS) is 11.4. The molecule has 0 radical (unpaired) electrons. The molecule has 0 aliphatic carbocycles. The minimum Gasteiger partial charge on any atom is -0.490 e. The van der Waals surface area contributed by atoms with E-state index in [9.17, 15) is 0 Å². The van der Waals surface area contributed by atoms with Gasteiger partial charge in [-0.3, -0.25) is 0 Å². The fraction of sp³-hybridized carbons (Fsp3) is 0.600. The highest BCUT2D eigenvalue weighted by atomic mass is 16.5. The summed E-state index contributed by atoms with van der Waals surface area (Å²) in [5.74, 6) is 1.57. The van der Waals surface area contributed by atoms with Crippen molar-refractivity contribution in [3.8, 4) is 11.5 Å². The zero-order valence-electron chi connectivity index (χ0n) is 12.1. The van der Waals surface area contributed by atoms with Gasteiger partial charge >= 0.3 is 0 Å². The zero-order valence-corrected chi connectivity index (χ0v) is 12.1. The Balaban J connectivity index is 2.22. The minimum absolute atomic E-state index is 0.275. The average molecular weight is 267 g/mol. The maximum atomic E-state index is 5.82. The summed E-state index contributed by atoms with van der Waals surface area (Å²) in [7, 11) is 0. The van der Waals surface area contributed by atoms with Gasteiger partial charge in [0.15, 0.2) is 11.5 Å². The number of hydrogen-bond donors (Lipinski definition) is 1. The van der Waals surface area contributed by atoms with Gasteiger partial charge in [-0.2, -0.15) is 0 Å². The molecule has 0 aliphatic rings. The molecule has 0 spiro atoms. The van der Waals surface area contributed by atoms with Crippen molar-refractivity contribution >= 4 is 0 Å². The van der Waals surface area contributed by atoms with E-state index in [0.29, 0.717) is 26.4 Å². The first-order valence-corrected chi connectivity index (χ1v) is 6.74. The first-order valence-electron chi connectivity index (χ1n) is 6.74. The number of para-hydroxylation sites is 2. The van der Waals surface area contributed by atoms with Gasteiger partial charge in [-0.05, 0) is 32.9 Å². The van der Waals surface area contributed by atoms with Crippen molar-refractivity contribution in [2.24, 2.45) is 5.73 Å². The van der Waals surface area contributed by atoms with E-state index in [1.165, 1.54) is 0 Å². The third-order valence-electron chi connectivity index (χ3n) is 2.31. The SMILES string of the molecule is CCOc1ccccc1OCCCOCC(C)(C)N. The fourth-order valence-electron chi connectivity index (χ4n) is 1.52. The molecule has 0 aromatic heterocycles. The summed E-state index contributed by atoms with van der Waals surface area (Å²) >= 11 is 0. The van der Waals surface area contributed by atoms with Crippen LogP contribution < -0.4 is 15.2 Å². The molecule has 0 fully saturated rings. The van der Waals surface area contributed by atoms with Crippen LogP contribution in [0.2, 0.25) is 0 Å². The van der Waals surface area contributed by atoms with E-state index in [2.05, 4.69) is 0 Å². The number of hydrogen-bond acceptors (Lipinski definition) is 4. The van der Waals surface area contributed by atoms with Crippen LogP contribution in [0.3, 0.4) is 0 Å². The van der Waals surface area contributed by atoms with E-state index >= 15 is 0 Å². The smallest absolute Gasteiger partial charge is 0.161 e. The molecule has 108 valence electrons. The van der Waals surface area contributed by atoms with Crippen LogP contribution in [0.25, 0.3) is 0 Å². The standard InChI is InChI=1S/C15H25NO3/c1-4-18-13-8-5-6-9-14(13)19-11-7-10-17-12-15(2,3)16/h5-6,8-9H,4,7,10-12,16H2,1-3H3. The predicted octanol–water partition coefficient (Wildman–Crippen LogP) is 2.61. The van der Waals surface area contributed by atoms with Gasteiger partial charge in [0.2, 0.25) is 0 Å². The summed E-state index contributed by atoms with van der Waals surface area (Å²) in [5.41, 5.74) is 5.55. The third-order valence-corrected chi connectivity index (χ3v) is 2.31. The molecule has 0 atom stereocenters. The van der Waals surface area contributed by atoms with Crippen LogP contribution in [-0.2, 0) is 4.74 Å². The Morgan fingerprint density at radius 3 is 2.26 bits per heavy atom. The molecule has 4 nitrogen and oxygen atoms in total. The number of benzene rings is 1. The molecule has 2 N–H and O–H groups in total.